The molecule has 0 fully saturated rings. The zero-order valence-corrected chi connectivity index (χ0v) is 11.1. The Labute approximate surface area is 116 Å². The molecule has 0 saturated carbocycles. The second-order valence-corrected chi connectivity index (χ2v) is 4.57. The molecule has 1 nitrogen and oxygen atoms in total. The molecule has 0 heterocycles. The van der Waals surface area contributed by atoms with Crippen LogP contribution in [0, 0.1) is 6.92 Å². The molecule has 0 aliphatic rings. The standard InChI is InChI=1S/C17H14F2O/c1-12-6-5-9-14(10-12)16(20)11-15(17(18)19)13-7-3-2-4-8-13/h2-10H,11H2,1H3. The summed E-state index contributed by atoms with van der Waals surface area (Å²) in [6.07, 6.45) is -2.10. The highest BCUT2D eigenvalue weighted by Crippen LogP contribution is 2.26. The molecule has 102 valence electrons. The van der Waals surface area contributed by atoms with Gasteiger partial charge in [0.2, 0.25) is 0 Å². The first-order chi connectivity index (χ1) is 9.58. The Morgan fingerprint density at radius 3 is 2.20 bits per heavy atom. The van der Waals surface area contributed by atoms with E-state index in [1.165, 1.54) is 0 Å². The van der Waals surface area contributed by atoms with Gasteiger partial charge in [-0.25, -0.2) is 0 Å². The summed E-state index contributed by atoms with van der Waals surface area (Å²) in [5.41, 5.74) is 1.56. The summed E-state index contributed by atoms with van der Waals surface area (Å²) in [7, 11) is 0. The number of hydrogen-bond acceptors (Lipinski definition) is 1. The van der Waals surface area contributed by atoms with Crippen LogP contribution >= 0.6 is 0 Å². The Kier molecular flexibility index (Phi) is 4.41. The predicted molar refractivity (Wildman–Crippen MR) is 75.7 cm³/mol. The highest BCUT2D eigenvalue weighted by Gasteiger charge is 2.15. The van der Waals surface area contributed by atoms with Crippen LogP contribution in [0.4, 0.5) is 8.78 Å². The Bertz CT molecular complexity index is 641. The van der Waals surface area contributed by atoms with Crippen molar-refractivity contribution >= 4 is 11.4 Å². The Hall–Kier alpha value is -2.29. The summed E-state index contributed by atoms with van der Waals surface area (Å²) in [6.45, 7) is 1.86. The van der Waals surface area contributed by atoms with Crippen LogP contribution in [0.3, 0.4) is 0 Å². The fourth-order valence-electron chi connectivity index (χ4n) is 2.00. The van der Waals surface area contributed by atoms with Crippen LogP contribution in [0.1, 0.15) is 27.9 Å². The number of benzene rings is 2. The van der Waals surface area contributed by atoms with E-state index in [0.29, 0.717) is 11.1 Å². The van der Waals surface area contributed by atoms with Crippen molar-refractivity contribution in [2.75, 3.05) is 0 Å². The molecule has 2 rings (SSSR count). The summed E-state index contributed by atoms with van der Waals surface area (Å²) in [4.78, 5) is 12.1. The quantitative estimate of drug-likeness (QED) is 0.725. The molecule has 3 heteroatoms. The molecule has 0 spiro atoms. The molecule has 0 aliphatic carbocycles. The predicted octanol–water partition coefficient (Wildman–Crippen LogP) is 4.88. The lowest BCUT2D eigenvalue weighted by molar-refractivity contribution is 0.0997. The van der Waals surface area contributed by atoms with E-state index in [0.717, 1.165) is 5.56 Å². The summed E-state index contributed by atoms with van der Waals surface area (Å²) in [5, 5.41) is 0. The largest absolute Gasteiger partial charge is 0.294 e. The highest BCUT2D eigenvalue weighted by molar-refractivity contribution is 6.02. The summed E-state index contributed by atoms with van der Waals surface area (Å²) >= 11 is 0. The average Bonchev–Trinajstić information content (AvgIpc) is 2.45. The van der Waals surface area contributed by atoms with E-state index >= 15 is 0 Å². The summed E-state index contributed by atoms with van der Waals surface area (Å²) in [6, 6.07) is 15.2. The van der Waals surface area contributed by atoms with Crippen molar-refractivity contribution in [2.24, 2.45) is 0 Å². The number of halogens is 2. The maximum absolute atomic E-state index is 13.1. The van der Waals surface area contributed by atoms with Crippen LogP contribution in [0.2, 0.25) is 0 Å². The number of carbonyl (C=O) groups is 1. The first-order valence-electron chi connectivity index (χ1n) is 6.27. The average molecular weight is 272 g/mol. The van der Waals surface area contributed by atoms with Crippen molar-refractivity contribution in [1.29, 1.82) is 0 Å². The number of rotatable bonds is 4. The molecule has 20 heavy (non-hydrogen) atoms. The molecule has 0 aromatic heterocycles. The van der Waals surface area contributed by atoms with Gasteiger partial charge in [-0.3, -0.25) is 4.79 Å². The van der Waals surface area contributed by atoms with E-state index in [9.17, 15) is 13.6 Å². The second-order valence-electron chi connectivity index (χ2n) is 4.57. The number of ketones is 1. The smallest absolute Gasteiger partial charge is 0.274 e. The molecule has 2 aromatic carbocycles. The van der Waals surface area contributed by atoms with Crippen LogP contribution in [0.5, 0.6) is 0 Å². The fraction of sp³-hybridized carbons (Fsp3) is 0.118. The summed E-state index contributed by atoms with van der Waals surface area (Å²) < 4.78 is 26.1. The zero-order valence-electron chi connectivity index (χ0n) is 11.1. The first-order valence-corrected chi connectivity index (χ1v) is 6.27. The van der Waals surface area contributed by atoms with E-state index in [2.05, 4.69) is 0 Å². The van der Waals surface area contributed by atoms with Crippen LogP contribution < -0.4 is 0 Å². The Morgan fingerprint density at radius 1 is 0.950 bits per heavy atom. The highest BCUT2D eigenvalue weighted by atomic mass is 19.3. The minimum atomic E-state index is -1.81. The minimum Gasteiger partial charge on any atom is -0.294 e. The maximum Gasteiger partial charge on any atom is 0.274 e. The van der Waals surface area contributed by atoms with E-state index in [1.54, 1.807) is 48.5 Å². The third kappa shape index (κ3) is 3.38. The van der Waals surface area contributed by atoms with Gasteiger partial charge in [-0.05, 0) is 18.6 Å². The normalized spacial score (nSPS) is 10.2. The van der Waals surface area contributed by atoms with Crippen molar-refractivity contribution in [1.82, 2.24) is 0 Å². The SMILES string of the molecule is Cc1cccc(C(=O)CC(=C(F)F)c2ccccc2)c1. The van der Waals surface area contributed by atoms with Crippen molar-refractivity contribution < 1.29 is 13.6 Å². The van der Waals surface area contributed by atoms with Gasteiger partial charge in [0.25, 0.3) is 6.08 Å². The van der Waals surface area contributed by atoms with Gasteiger partial charge in [0.15, 0.2) is 5.78 Å². The van der Waals surface area contributed by atoms with Gasteiger partial charge in [-0.1, -0.05) is 54.1 Å². The molecule has 0 atom stereocenters. The number of aryl methyl sites for hydroxylation is 1. The van der Waals surface area contributed by atoms with Gasteiger partial charge in [-0.2, -0.15) is 8.78 Å². The molecule has 0 N–H and O–H groups in total. The van der Waals surface area contributed by atoms with Crippen molar-refractivity contribution in [3.8, 4) is 0 Å². The van der Waals surface area contributed by atoms with Crippen LogP contribution in [0.25, 0.3) is 5.57 Å². The van der Waals surface area contributed by atoms with E-state index in [1.807, 2.05) is 13.0 Å². The monoisotopic (exact) mass is 272 g/mol. The topological polar surface area (TPSA) is 17.1 Å². The minimum absolute atomic E-state index is 0.211. The van der Waals surface area contributed by atoms with Crippen LogP contribution in [-0.4, -0.2) is 5.78 Å². The zero-order chi connectivity index (χ0) is 14.5. The molecule has 0 bridgehead atoms. The van der Waals surface area contributed by atoms with Crippen molar-refractivity contribution in [2.45, 2.75) is 13.3 Å². The third-order valence-electron chi connectivity index (χ3n) is 3.03. The maximum atomic E-state index is 13.1. The van der Waals surface area contributed by atoms with Gasteiger partial charge >= 0.3 is 0 Å². The lowest BCUT2D eigenvalue weighted by Gasteiger charge is -2.07. The number of allylic oxidation sites excluding steroid dienone is 1. The number of carbonyl (C=O) groups excluding carboxylic acids is 1. The third-order valence-corrected chi connectivity index (χ3v) is 3.03. The van der Waals surface area contributed by atoms with Crippen LogP contribution in [-0.2, 0) is 0 Å². The van der Waals surface area contributed by atoms with E-state index in [4.69, 9.17) is 0 Å². The lowest BCUT2D eigenvalue weighted by Crippen LogP contribution is -2.01. The Balaban J connectivity index is 2.27. The van der Waals surface area contributed by atoms with E-state index in [-0.39, 0.29) is 17.8 Å². The molecule has 0 amide bonds. The molecule has 0 aliphatic heterocycles. The Morgan fingerprint density at radius 2 is 1.60 bits per heavy atom. The molecule has 2 aromatic rings. The molecule has 0 unspecified atom stereocenters. The van der Waals surface area contributed by atoms with Gasteiger partial charge in [-0.15, -0.1) is 0 Å². The molecular weight excluding hydrogens is 258 g/mol. The summed E-state index contributed by atoms with van der Waals surface area (Å²) in [5.74, 6) is -0.305. The molecular formula is C17H14F2O. The number of Topliss-reactive ketones (excluding diaryl/α,β-unsaturated/α-hetero) is 1. The van der Waals surface area contributed by atoms with Crippen molar-refractivity contribution in [3.05, 3.63) is 77.4 Å². The first kappa shape index (κ1) is 14.1. The number of hydrogen-bond donors (Lipinski definition) is 0. The van der Waals surface area contributed by atoms with Crippen LogP contribution in [0.15, 0.2) is 60.7 Å². The van der Waals surface area contributed by atoms with Gasteiger partial charge < -0.3 is 0 Å². The lowest BCUT2D eigenvalue weighted by atomic mass is 9.97. The second kappa shape index (κ2) is 6.24. The van der Waals surface area contributed by atoms with Gasteiger partial charge in [0.1, 0.15) is 0 Å². The molecule has 0 radical (unpaired) electrons. The van der Waals surface area contributed by atoms with E-state index < -0.39 is 6.08 Å². The van der Waals surface area contributed by atoms with Crippen molar-refractivity contribution in [3.63, 3.8) is 0 Å². The van der Waals surface area contributed by atoms with Gasteiger partial charge in [0, 0.05) is 17.6 Å². The fourth-order valence-corrected chi connectivity index (χ4v) is 2.00. The van der Waals surface area contributed by atoms with Gasteiger partial charge in [0.05, 0.1) is 0 Å². The molecule has 0 saturated heterocycles.